The van der Waals surface area contributed by atoms with Gasteiger partial charge in [0.2, 0.25) is 0 Å². The van der Waals surface area contributed by atoms with Gasteiger partial charge in [-0.3, -0.25) is 0 Å². The van der Waals surface area contributed by atoms with Gasteiger partial charge in [-0.15, -0.1) is 0 Å². The van der Waals surface area contributed by atoms with Crippen LogP contribution in [0.3, 0.4) is 0 Å². The van der Waals surface area contributed by atoms with Gasteiger partial charge in [-0.05, 0) is 26.0 Å². The summed E-state index contributed by atoms with van der Waals surface area (Å²) in [4.78, 5) is 9.81. The average Bonchev–Trinajstić information content (AvgIpc) is 2.11. The molecule has 0 amide bonds. The first-order valence-electron chi connectivity index (χ1n) is 4.37. The Morgan fingerprint density at radius 1 is 1.31 bits per heavy atom. The largest absolute Gasteiger partial charge is 0.399 e. The lowest BCUT2D eigenvalue weighted by Gasteiger charge is -1.90. The van der Waals surface area contributed by atoms with Gasteiger partial charge in [0.05, 0.1) is 0 Å². The second-order valence-corrected chi connectivity index (χ2v) is 2.97. The number of benzene rings is 1. The summed E-state index contributed by atoms with van der Waals surface area (Å²) in [6.45, 7) is 5.47. The summed E-state index contributed by atoms with van der Waals surface area (Å²) in [6, 6.07) is 7.79. The third-order valence-corrected chi connectivity index (χ3v) is 1.58. The SMILES string of the molecule is CCC(C)=O.Cc1ccc(N)cc1. The lowest BCUT2D eigenvalue weighted by atomic mass is 10.2. The Morgan fingerprint density at radius 2 is 1.69 bits per heavy atom. The fourth-order valence-corrected chi connectivity index (χ4v) is 0.566. The molecule has 72 valence electrons. The van der Waals surface area contributed by atoms with Crippen LogP contribution in [0.15, 0.2) is 24.3 Å². The molecule has 0 saturated heterocycles. The lowest BCUT2D eigenvalue weighted by molar-refractivity contribution is -0.116. The number of carbonyl (C=O) groups is 1. The van der Waals surface area contributed by atoms with Crippen LogP contribution in [0.4, 0.5) is 5.69 Å². The number of nitrogen functional groups attached to an aromatic ring is 1. The second-order valence-electron chi connectivity index (χ2n) is 2.97. The van der Waals surface area contributed by atoms with Gasteiger partial charge >= 0.3 is 0 Å². The molecule has 2 heteroatoms. The van der Waals surface area contributed by atoms with Crippen molar-refractivity contribution < 1.29 is 4.79 Å². The molecule has 1 aromatic carbocycles. The van der Waals surface area contributed by atoms with Crippen LogP contribution in [0.1, 0.15) is 25.8 Å². The van der Waals surface area contributed by atoms with Gasteiger partial charge in [-0.2, -0.15) is 0 Å². The van der Waals surface area contributed by atoms with Crippen LogP contribution in [-0.4, -0.2) is 5.78 Å². The van der Waals surface area contributed by atoms with E-state index in [1.165, 1.54) is 5.56 Å². The van der Waals surface area contributed by atoms with Crippen LogP contribution >= 0.6 is 0 Å². The van der Waals surface area contributed by atoms with E-state index in [2.05, 4.69) is 0 Å². The van der Waals surface area contributed by atoms with Gasteiger partial charge in [0.25, 0.3) is 0 Å². The second kappa shape index (κ2) is 6.23. The third-order valence-electron chi connectivity index (χ3n) is 1.58. The lowest BCUT2D eigenvalue weighted by Crippen LogP contribution is -1.81. The van der Waals surface area contributed by atoms with E-state index in [9.17, 15) is 4.79 Å². The molecule has 0 aliphatic carbocycles. The number of nitrogens with two attached hydrogens (primary N) is 1. The van der Waals surface area contributed by atoms with Gasteiger partial charge in [0, 0.05) is 12.1 Å². The predicted molar refractivity (Wildman–Crippen MR) is 56.6 cm³/mol. The van der Waals surface area contributed by atoms with Crippen LogP contribution < -0.4 is 5.73 Å². The molecule has 13 heavy (non-hydrogen) atoms. The van der Waals surface area contributed by atoms with Crippen LogP contribution in [-0.2, 0) is 4.79 Å². The minimum Gasteiger partial charge on any atom is -0.399 e. The zero-order valence-corrected chi connectivity index (χ0v) is 8.50. The molecule has 0 fully saturated rings. The number of Topliss-reactive ketones (excluding diaryl/α,β-unsaturated/α-hetero) is 1. The summed E-state index contributed by atoms with van der Waals surface area (Å²) in [5.74, 6) is 0.255. The van der Waals surface area contributed by atoms with E-state index in [1.54, 1.807) is 6.92 Å². The van der Waals surface area contributed by atoms with Crippen molar-refractivity contribution >= 4 is 11.5 Å². The van der Waals surface area contributed by atoms with E-state index >= 15 is 0 Å². The van der Waals surface area contributed by atoms with Crippen molar-refractivity contribution in [2.45, 2.75) is 27.2 Å². The van der Waals surface area contributed by atoms with Gasteiger partial charge in [-0.1, -0.05) is 24.6 Å². The highest BCUT2D eigenvalue weighted by molar-refractivity contribution is 5.74. The van der Waals surface area contributed by atoms with Crippen LogP contribution in [0.2, 0.25) is 0 Å². The van der Waals surface area contributed by atoms with E-state index in [1.807, 2.05) is 38.1 Å². The predicted octanol–water partition coefficient (Wildman–Crippen LogP) is 2.56. The van der Waals surface area contributed by atoms with E-state index in [4.69, 9.17) is 5.73 Å². The highest BCUT2D eigenvalue weighted by Crippen LogP contribution is 2.02. The molecule has 0 heterocycles. The van der Waals surface area contributed by atoms with Crippen molar-refractivity contribution in [3.8, 4) is 0 Å². The molecule has 0 aliphatic rings. The van der Waals surface area contributed by atoms with Crippen molar-refractivity contribution in [3.63, 3.8) is 0 Å². The van der Waals surface area contributed by atoms with E-state index in [0.717, 1.165) is 5.69 Å². The molecule has 2 N–H and O–H groups in total. The van der Waals surface area contributed by atoms with E-state index in [0.29, 0.717) is 6.42 Å². The standard InChI is InChI=1S/C7H9N.C4H8O/c1-6-2-4-7(8)5-3-6;1-3-4(2)5/h2-5H,8H2,1H3;3H2,1-2H3. The number of carbonyl (C=O) groups excluding carboxylic acids is 1. The third kappa shape index (κ3) is 7.06. The number of hydrogen-bond donors (Lipinski definition) is 1. The Balaban J connectivity index is 0.000000252. The maximum Gasteiger partial charge on any atom is 0.129 e. The Kier molecular flexibility index (Phi) is 5.60. The van der Waals surface area contributed by atoms with Gasteiger partial charge in [0.1, 0.15) is 5.78 Å². The summed E-state index contributed by atoms with van der Waals surface area (Å²) in [5.41, 5.74) is 7.51. The molecular weight excluding hydrogens is 162 g/mol. The highest BCUT2D eigenvalue weighted by Gasteiger charge is 1.80. The molecule has 0 radical (unpaired) electrons. The first kappa shape index (κ1) is 11.7. The van der Waals surface area contributed by atoms with Gasteiger partial charge in [-0.25, -0.2) is 0 Å². The van der Waals surface area contributed by atoms with E-state index in [-0.39, 0.29) is 5.78 Å². The number of hydrogen-bond acceptors (Lipinski definition) is 2. The minimum atomic E-state index is 0.255. The maximum absolute atomic E-state index is 9.81. The minimum absolute atomic E-state index is 0.255. The Hall–Kier alpha value is -1.31. The number of rotatable bonds is 1. The Labute approximate surface area is 79.8 Å². The van der Waals surface area contributed by atoms with Gasteiger partial charge < -0.3 is 10.5 Å². The van der Waals surface area contributed by atoms with Crippen molar-refractivity contribution in [1.82, 2.24) is 0 Å². The first-order chi connectivity index (χ1) is 6.06. The van der Waals surface area contributed by atoms with Crippen molar-refractivity contribution in [2.24, 2.45) is 0 Å². The number of anilines is 1. The van der Waals surface area contributed by atoms with Crippen molar-refractivity contribution in [1.29, 1.82) is 0 Å². The molecular formula is C11H17NO. The maximum atomic E-state index is 9.81. The number of ketones is 1. The molecule has 0 aliphatic heterocycles. The summed E-state index contributed by atoms with van der Waals surface area (Å²) in [6.07, 6.45) is 0.667. The molecule has 1 rings (SSSR count). The molecule has 0 bridgehead atoms. The fourth-order valence-electron chi connectivity index (χ4n) is 0.566. The Morgan fingerprint density at radius 3 is 1.92 bits per heavy atom. The van der Waals surface area contributed by atoms with Crippen molar-refractivity contribution in [3.05, 3.63) is 29.8 Å². The normalized spacial score (nSPS) is 8.54. The monoisotopic (exact) mass is 179 g/mol. The molecule has 0 spiro atoms. The van der Waals surface area contributed by atoms with Gasteiger partial charge in [0.15, 0.2) is 0 Å². The fraction of sp³-hybridized carbons (Fsp3) is 0.364. The van der Waals surface area contributed by atoms with Crippen molar-refractivity contribution in [2.75, 3.05) is 5.73 Å². The average molecular weight is 179 g/mol. The molecule has 0 aromatic heterocycles. The summed E-state index contributed by atoms with van der Waals surface area (Å²) in [7, 11) is 0. The first-order valence-corrected chi connectivity index (χ1v) is 4.37. The summed E-state index contributed by atoms with van der Waals surface area (Å²) in [5, 5.41) is 0. The molecule has 0 atom stereocenters. The van der Waals surface area contributed by atoms with E-state index < -0.39 is 0 Å². The summed E-state index contributed by atoms with van der Waals surface area (Å²) >= 11 is 0. The quantitative estimate of drug-likeness (QED) is 0.673. The number of aryl methyl sites for hydroxylation is 1. The zero-order valence-electron chi connectivity index (χ0n) is 8.50. The molecule has 1 aromatic rings. The zero-order chi connectivity index (χ0) is 10.3. The topological polar surface area (TPSA) is 43.1 Å². The smallest absolute Gasteiger partial charge is 0.129 e. The highest BCUT2D eigenvalue weighted by atomic mass is 16.1. The molecule has 0 unspecified atom stereocenters. The van der Waals surface area contributed by atoms with Crippen LogP contribution in [0.25, 0.3) is 0 Å². The summed E-state index contributed by atoms with van der Waals surface area (Å²) < 4.78 is 0. The Bertz CT molecular complexity index is 230. The molecule has 2 nitrogen and oxygen atoms in total. The van der Waals surface area contributed by atoms with Crippen LogP contribution in [0.5, 0.6) is 0 Å². The van der Waals surface area contributed by atoms with Crippen LogP contribution in [0, 0.1) is 6.92 Å². The molecule has 0 saturated carbocycles.